The summed E-state index contributed by atoms with van der Waals surface area (Å²) in [6, 6.07) is 1.23. The predicted octanol–water partition coefficient (Wildman–Crippen LogP) is 4.15. The van der Waals surface area contributed by atoms with Crippen molar-refractivity contribution < 1.29 is 0 Å². The molecule has 2 aromatic heterocycles. The zero-order valence-electron chi connectivity index (χ0n) is 15.0. The van der Waals surface area contributed by atoms with Gasteiger partial charge >= 0.3 is 0 Å². The molecule has 1 fully saturated rings. The lowest BCUT2D eigenvalue weighted by Gasteiger charge is -2.31. The maximum absolute atomic E-state index is 4.64. The molecule has 0 atom stereocenters. The van der Waals surface area contributed by atoms with Crippen LogP contribution in [0.3, 0.4) is 0 Å². The Balaban J connectivity index is 1.63. The van der Waals surface area contributed by atoms with Crippen LogP contribution in [-0.4, -0.2) is 29.1 Å². The molecule has 5 heteroatoms. The lowest BCUT2D eigenvalue weighted by molar-refractivity contribution is 0.319. The lowest BCUT2D eigenvalue weighted by Crippen LogP contribution is -2.35. The number of fused-ring (bicyclic) bond motifs is 3. The minimum Gasteiger partial charge on any atom is -0.367 e. The quantitative estimate of drug-likeness (QED) is 0.878. The van der Waals surface area contributed by atoms with Gasteiger partial charge in [-0.2, -0.15) is 0 Å². The molecule has 2 aliphatic carbocycles. The molecule has 0 saturated heterocycles. The Bertz CT molecular complexity index is 728. The Kier molecular flexibility index (Phi) is 4.25. The molecule has 0 amide bonds. The largest absolute Gasteiger partial charge is 0.367 e. The van der Waals surface area contributed by atoms with Gasteiger partial charge < -0.3 is 10.6 Å². The number of rotatable bonds is 3. The van der Waals surface area contributed by atoms with Crippen LogP contribution in [-0.2, 0) is 12.8 Å². The highest BCUT2D eigenvalue weighted by Gasteiger charge is 2.30. The first kappa shape index (κ1) is 16.3. The Labute approximate surface area is 148 Å². The Hall–Kier alpha value is -1.20. The van der Waals surface area contributed by atoms with Gasteiger partial charge in [-0.1, -0.05) is 13.8 Å². The van der Waals surface area contributed by atoms with Crippen molar-refractivity contribution in [3.8, 4) is 0 Å². The number of anilines is 1. The van der Waals surface area contributed by atoms with Crippen molar-refractivity contribution >= 4 is 27.4 Å². The van der Waals surface area contributed by atoms with Gasteiger partial charge in [-0.3, -0.25) is 0 Å². The molecule has 2 aromatic rings. The first-order chi connectivity index (χ1) is 11.6. The number of aromatic nitrogens is 2. The Morgan fingerprint density at radius 2 is 1.88 bits per heavy atom. The summed E-state index contributed by atoms with van der Waals surface area (Å²) in [4.78, 5) is 11.9. The van der Waals surface area contributed by atoms with Gasteiger partial charge in [0.1, 0.15) is 17.0 Å². The highest BCUT2D eigenvalue weighted by atomic mass is 32.1. The zero-order valence-corrected chi connectivity index (χ0v) is 15.8. The summed E-state index contributed by atoms with van der Waals surface area (Å²) in [6.07, 6.45) is 10.3. The number of thiophene rings is 1. The SMILES string of the molecule is CN[C@H]1CC[C@H](Nc2ncnc3sc4c(c23)CC(C)(C)CC4)CC1. The van der Waals surface area contributed by atoms with Crippen molar-refractivity contribution in [2.24, 2.45) is 5.41 Å². The first-order valence-electron chi connectivity index (χ1n) is 9.25. The molecule has 0 bridgehead atoms. The van der Waals surface area contributed by atoms with Crippen LogP contribution >= 0.6 is 11.3 Å². The van der Waals surface area contributed by atoms with Gasteiger partial charge in [-0.15, -0.1) is 11.3 Å². The van der Waals surface area contributed by atoms with E-state index in [0.717, 1.165) is 12.2 Å². The van der Waals surface area contributed by atoms with Crippen molar-refractivity contribution in [3.05, 3.63) is 16.8 Å². The van der Waals surface area contributed by atoms with Crippen LogP contribution in [0.25, 0.3) is 10.2 Å². The molecule has 4 rings (SSSR count). The van der Waals surface area contributed by atoms with Gasteiger partial charge in [0.25, 0.3) is 0 Å². The maximum Gasteiger partial charge on any atom is 0.138 e. The monoisotopic (exact) mass is 344 g/mol. The molecule has 2 heterocycles. The number of hydrogen-bond donors (Lipinski definition) is 2. The fraction of sp³-hybridized carbons (Fsp3) is 0.684. The molecule has 24 heavy (non-hydrogen) atoms. The van der Waals surface area contributed by atoms with E-state index >= 15 is 0 Å². The first-order valence-corrected chi connectivity index (χ1v) is 10.1. The molecular formula is C19H28N4S. The van der Waals surface area contributed by atoms with Crippen LogP contribution in [0.4, 0.5) is 5.82 Å². The van der Waals surface area contributed by atoms with Gasteiger partial charge in [0.05, 0.1) is 5.39 Å². The highest BCUT2D eigenvalue weighted by molar-refractivity contribution is 7.19. The fourth-order valence-electron chi connectivity index (χ4n) is 4.27. The van der Waals surface area contributed by atoms with Crippen molar-refractivity contribution in [3.63, 3.8) is 0 Å². The molecule has 0 radical (unpaired) electrons. The zero-order chi connectivity index (χ0) is 16.7. The number of aryl methyl sites for hydroxylation is 1. The average Bonchev–Trinajstić information content (AvgIpc) is 2.93. The molecular weight excluding hydrogens is 316 g/mol. The van der Waals surface area contributed by atoms with E-state index in [1.54, 1.807) is 6.33 Å². The van der Waals surface area contributed by atoms with Gasteiger partial charge in [0.2, 0.25) is 0 Å². The van der Waals surface area contributed by atoms with Crippen LogP contribution in [0.15, 0.2) is 6.33 Å². The summed E-state index contributed by atoms with van der Waals surface area (Å²) in [5.41, 5.74) is 1.90. The smallest absolute Gasteiger partial charge is 0.138 e. The van der Waals surface area contributed by atoms with Crippen LogP contribution in [0.2, 0.25) is 0 Å². The molecule has 2 aliphatic rings. The van der Waals surface area contributed by atoms with E-state index in [9.17, 15) is 0 Å². The van der Waals surface area contributed by atoms with E-state index in [0.29, 0.717) is 17.5 Å². The third-order valence-corrected chi connectivity index (χ3v) is 7.03. The summed E-state index contributed by atoms with van der Waals surface area (Å²) < 4.78 is 0. The Morgan fingerprint density at radius 3 is 2.62 bits per heavy atom. The van der Waals surface area contributed by atoms with E-state index in [1.165, 1.54) is 59.2 Å². The predicted molar refractivity (Wildman–Crippen MR) is 102 cm³/mol. The van der Waals surface area contributed by atoms with Gasteiger partial charge in [0.15, 0.2) is 0 Å². The normalized spacial score (nSPS) is 26.3. The Morgan fingerprint density at radius 1 is 1.12 bits per heavy atom. The summed E-state index contributed by atoms with van der Waals surface area (Å²) in [5, 5.41) is 8.48. The molecule has 0 aliphatic heterocycles. The minimum absolute atomic E-state index is 0.388. The van der Waals surface area contributed by atoms with Crippen LogP contribution < -0.4 is 10.6 Å². The topological polar surface area (TPSA) is 49.8 Å². The molecule has 2 N–H and O–H groups in total. The second-order valence-electron chi connectivity index (χ2n) is 8.23. The molecule has 1 saturated carbocycles. The van der Waals surface area contributed by atoms with Crippen molar-refractivity contribution in [2.75, 3.05) is 12.4 Å². The summed E-state index contributed by atoms with van der Waals surface area (Å²) in [5.74, 6) is 1.07. The van der Waals surface area contributed by atoms with Crippen molar-refractivity contribution in [2.45, 2.75) is 70.9 Å². The van der Waals surface area contributed by atoms with Gasteiger partial charge in [-0.25, -0.2) is 9.97 Å². The summed E-state index contributed by atoms with van der Waals surface area (Å²) in [7, 11) is 2.08. The van der Waals surface area contributed by atoms with Crippen molar-refractivity contribution in [1.82, 2.24) is 15.3 Å². The lowest BCUT2D eigenvalue weighted by atomic mass is 9.76. The molecule has 0 aromatic carbocycles. The number of hydrogen-bond acceptors (Lipinski definition) is 5. The van der Waals surface area contributed by atoms with Crippen LogP contribution in [0, 0.1) is 5.41 Å². The summed E-state index contributed by atoms with van der Waals surface area (Å²) in [6.45, 7) is 4.77. The van der Waals surface area contributed by atoms with Gasteiger partial charge in [-0.05, 0) is 63.0 Å². The second-order valence-corrected chi connectivity index (χ2v) is 9.31. The maximum atomic E-state index is 4.64. The third-order valence-electron chi connectivity index (χ3n) is 5.83. The van der Waals surface area contributed by atoms with E-state index in [2.05, 4.69) is 41.5 Å². The molecule has 0 spiro atoms. The van der Waals surface area contributed by atoms with E-state index in [1.807, 2.05) is 11.3 Å². The second kappa shape index (κ2) is 6.26. The fourth-order valence-corrected chi connectivity index (χ4v) is 5.43. The molecule has 4 nitrogen and oxygen atoms in total. The van der Waals surface area contributed by atoms with E-state index in [4.69, 9.17) is 0 Å². The van der Waals surface area contributed by atoms with E-state index in [-0.39, 0.29) is 0 Å². The van der Waals surface area contributed by atoms with Crippen molar-refractivity contribution in [1.29, 1.82) is 0 Å². The third kappa shape index (κ3) is 3.04. The summed E-state index contributed by atoms with van der Waals surface area (Å²) >= 11 is 1.88. The standard InChI is InChI=1S/C19H28N4S/c1-19(2)9-8-15-14(10-19)16-17(21-11-22-18(16)24-15)23-13-6-4-12(20-3)5-7-13/h11-13,20H,4-10H2,1-3H3,(H,21,22,23)/t12-,13-. The number of nitrogens with one attached hydrogen (secondary N) is 2. The molecule has 0 unspecified atom stereocenters. The highest BCUT2D eigenvalue weighted by Crippen LogP contribution is 2.44. The van der Waals surface area contributed by atoms with Gasteiger partial charge in [0, 0.05) is 17.0 Å². The van der Waals surface area contributed by atoms with Crippen LogP contribution in [0.1, 0.15) is 56.4 Å². The van der Waals surface area contributed by atoms with Crippen LogP contribution in [0.5, 0.6) is 0 Å². The molecule has 130 valence electrons. The number of nitrogens with zero attached hydrogens (tertiary/aromatic N) is 2. The minimum atomic E-state index is 0.388. The average molecular weight is 345 g/mol. The van der Waals surface area contributed by atoms with E-state index < -0.39 is 0 Å².